The molecule has 0 spiro atoms. The Labute approximate surface area is 92.8 Å². The van der Waals surface area contributed by atoms with Crippen molar-refractivity contribution in [3.63, 3.8) is 0 Å². The van der Waals surface area contributed by atoms with Crippen molar-refractivity contribution in [3.05, 3.63) is 57.4 Å². The lowest BCUT2D eigenvalue weighted by Gasteiger charge is -1.72. The number of nitrogens with zero attached hydrogens (tertiary/aromatic N) is 2. The van der Waals surface area contributed by atoms with Crippen molar-refractivity contribution in [1.82, 2.24) is 15.0 Å². The molecule has 0 radical (unpaired) electrons. The molecule has 3 heterocycles. The van der Waals surface area contributed by atoms with Crippen LogP contribution < -0.4 is 11.0 Å². The Morgan fingerprint density at radius 3 is 2.31 bits per heavy atom. The zero-order valence-corrected chi connectivity index (χ0v) is 7.68. The SMILES string of the molecule is B.O=c1nc2ccnc-2c1=O.c1cc[nH]c1. The average Bonchev–Trinajstić information content (AvgIpc) is 2.91. The summed E-state index contributed by atoms with van der Waals surface area (Å²) in [7, 11) is 0. The van der Waals surface area contributed by atoms with Gasteiger partial charge in [-0.3, -0.25) is 14.6 Å². The van der Waals surface area contributed by atoms with Gasteiger partial charge in [0.05, 0.1) is 14.1 Å². The summed E-state index contributed by atoms with van der Waals surface area (Å²) in [5, 5.41) is 0. The van der Waals surface area contributed by atoms with Crippen molar-refractivity contribution in [2.24, 2.45) is 0 Å². The Morgan fingerprint density at radius 2 is 1.81 bits per heavy atom. The third-order valence-electron chi connectivity index (χ3n) is 1.81. The van der Waals surface area contributed by atoms with Crippen LogP contribution in [0.25, 0.3) is 11.4 Å². The molecule has 0 aromatic carbocycles. The highest BCUT2D eigenvalue weighted by Gasteiger charge is 2.14. The monoisotopic (exact) mass is 215 g/mol. The standard InChI is InChI=1S/C6H2N2O2.C4H5N.BH3/c9-5-4-3(1-2-7-4)8-6(5)10;1-2-4-5-3-1;/h1-2H;1-5H;1H3. The largest absolute Gasteiger partial charge is 0.368 e. The summed E-state index contributed by atoms with van der Waals surface area (Å²) in [5.74, 6) is 0. The number of fused-ring (bicyclic) bond motifs is 1. The van der Waals surface area contributed by atoms with Crippen LogP contribution in [0.5, 0.6) is 0 Å². The molecule has 0 unspecified atom stereocenters. The predicted octanol–water partition coefficient (Wildman–Crippen LogP) is -0.992. The lowest BCUT2D eigenvalue weighted by atomic mass is 10.4. The maximum Gasteiger partial charge on any atom is 0.320 e. The summed E-state index contributed by atoms with van der Waals surface area (Å²) >= 11 is 0. The number of nitrogens with one attached hydrogen (secondary N) is 1. The third kappa shape index (κ3) is 2.22. The first-order valence-electron chi connectivity index (χ1n) is 4.29. The molecule has 0 amide bonds. The third-order valence-corrected chi connectivity index (χ3v) is 1.81. The molecule has 0 saturated carbocycles. The van der Waals surface area contributed by atoms with Gasteiger partial charge in [0, 0.05) is 18.6 Å². The van der Waals surface area contributed by atoms with E-state index in [2.05, 4.69) is 15.0 Å². The van der Waals surface area contributed by atoms with Crippen LogP contribution in [0.3, 0.4) is 0 Å². The van der Waals surface area contributed by atoms with E-state index in [-0.39, 0.29) is 14.1 Å². The van der Waals surface area contributed by atoms with Crippen molar-refractivity contribution >= 4 is 8.41 Å². The van der Waals surface area contributed by atoms with Crippen molar-refractivity contribution in [3.8, 4) is 11.4 Å². The van der Waals surface area contributed by atoms with Gasteiger partial charge in [0.25, 0.3) is 5.43 Å². The van der Waals surface area contributed by atoms with Crippen molar-refractivity contribution in [2.45, 2.75) is 0 Å². The van der Waals surface area contributed by atoms with Crippen LogP contribution in [0.15, 0.2) is 46.4 Å². The predicted molar refractivity (Wildman–Crippen MR) is 64.3 cm³/mol. The van der Waals surface area contributed by atoms with Gasteiger partial charge in [0.1, 0.15) is 5.69 Å². The van der Waals surface area contributed by atoms with Gasteiger partial charge < -0.3 is 4.98 Å². The Morgan fingerprint density at radius 1 is 1.12 bits per heavy atom. The molecular formula is C10H10BN3O2. The maximum absolute atomic E-state index is 10.8. The summed E-state index contributed by atoms with van der Waals surface area (Å²) < 4.78 is 0. The van der Waals surface area contributed by atoms with Crippen LogP contribution in [0, 0.1) is 0 Å². The molecule has 3 rings (SSSR count). The number of rotatable bonds is 0. The zero-order chi connectivity index (χ0) is 10.7. The highest BCUT2D eigenvalue weighted by atomic mass is 16.2. The van der Waals surface area contributed by atoms with Crippen molar-refractivity contribution in [2.75, 3.05) is 0 Å². The highest BCUT2D eigenvalue weighted by molar-refractivity contribution is 5.75. The van der Waals surface area contributed by atoms with Gasteiger partial charge in [0.2, 0.25) is 0 Å². The Bertz CT molecular complexity index is 567. The molecule has 0 aliphatic carbocycles. The van der Waals surface area contributed by atoms with Gasteiger partial charge in [0.15, 0.2) is 0 Å². The molecular weight excluding hydrogens is 205 g/mol. The summed E-state index contributed by atoms with van der Waals surface area (Å²) in [6.07, 6.45) is 5.21. The molecule has 2 aliphatic heterocycles. The van der Waals surface area contributed by atoms with Gasteiger partial charge in [-0.2, -0.15) is 0 Å². The molecule has 0 bridgehead atoms. The number of H-pyrrole nitrogens is 1. The molecule has 2 aliphatic rings. The first-order valence-corrected chi connectivity index (χ1v) is 4.29. The molecule has 1 aromatic heterocycles. The van der Waals surface area contributed by atoms with Gasteiger partial charge >= 0.3 is 5.56 Å². The smallest absolute Gasteiger partial charge is 0.320 e. The Balaban J connectivity index is 0.000000183. The van der Waals surface area contributed by atoms with E-state index in [0.717, 1.165) is 0 Å². The fraction of sp³-hybridized carbons (Fsp3) is 0. The lowest BCUT2D eigenvalue weighted by Crippen LogP contribution is -2.19. The van der Waals surface area contributed by atoms with Crippen LogP contribution in [0.2, 0.25) is 0 Å². The van der Waals surface area contributed by atoms with Crippen LogP contribution in [-0.2, 0) is 0 Å². The first-order chi connectivity index (χ1) is 7.29. The minimum atomic E-state index is -0.710. The molecule has 6 heteroatoms. The minimum Gasteiger partial charge on any atom is -0.368 e. The maximum atomic E-state index is 10.8. The van der Waals surface area contributed by atoms with E-state index < -0.39 is 11.0 Å². The summed E-state index contributed by atoms with van der Waals surface area (Å²) in [6, 6.07) is 5.43. The normalized spacial score (nSPS) is 9.25. The van der Waals surface area contributed by atoms with E-state index in [1.54, 1.807) is 0 Å². The Hall–Kier alpha value is -2.24. The molecule has 0 atom stereocenters. The lowest BCUT2D eigenvalue weighted by molar-refractivity contribution is 1.30. The van der Waals surface area contributed by atoms with Crippen LogP contribution >= 0.6 is 0 Å². The fourth-order valence-corrected chi connectivity index (χ4v) is 1.13. The zero-order valence-electron chi connectivity index (χ0n) is 7.68. The molecule has 80 valence electrons. The summed E-state index contributed by atoms with van der Waals surface area (Å²) in [6.45, 7) is 0. The number of hydrogen-bond acceptors (Lipinski definition) is 4. The van der Waals surface area contributed by atoms with Gasteiger partial charge in [-0.05, 0) is 18.2 Å². The minimum absolute atomic E-state index is 0. The van der Waals surface area contributed by atoms with Crippen molar-refractivity contribution < 1.29 is 0 Å². The fourth-order valence-electron chi connectivity index (χ4n) is 1.13. The highest BCUT2D eigenvalue weighted by Crippen LogP contribution is 2.08. The van der Waals surface area contributed by atoms with E-state index in [4.69, 9.17) is 0 Å². The molecule has 1 N–H and O–H groups in total. The summed E-state index contributed by atoms with van der Waals surface area (Å²) in [4.78, 5) is 31.3. The van der Waals surface area contributed by atoms with Crippen LogP contribution in [0.4, 0.5) is 0 Å². The van der Waals surface area contributed by atoms with Gasteiger partial charge in [-0.1, -0.05) is 0 Å². The van der Waals surface area contributed by atoms with E-state index in [1.807, 2.05) is 24.5 Å². The molecule has 16 heavy (non-hydrogen) atoms. The quantitative estimate of drug-likeness (QED) is 0.385. The molecule has 0 fully saturated rings. The second-order valence-electron chi connectivity index (χ2n) is 2.81. The van der Waals surface area contributed by atoms with E-state index in [1.165, 1.54) is 12.3 Å². The molecule has 1 aromatic rings. The van der Waals surface area contributed by atoms with Gasteiger partial charge in [-0.25, -0.2) is 4.98 Å². The number of hydrogen-bond donors (Lipinski definition) is 1. The molecule has 0 saturated heterocycles. The summed E-state index contributed by atoms with van der Waals surface area (Å²) in [5.41, 5.74) is -0.724. The second kappa shape index (κ2) is 5.02. The Kier molecular flexibility index (Phi) is 3.71. The van der Waals surface area contributed by atoms with E-state index in [9.17, 15) is 9.59 Å². The number of aromatic nitrogens is 3. The van der Waals surface area contributed by atoms with E-state index in [0.29, 0.717) is 5.69 Å². The van der Waals surface area contributed by atoms with Crippen molar-refractivity contribution in [1.29, 1.82) is 0 Å². The second-order valence-corrected chi connectivity index (χ2v) is 2.81. The topological polar surface area (TPSA) is 75.7 Å². The van der Waals surface area contributed by atoms with Crippen LogP contribution in [-0.4, -0.2) is 23.4 Å². The number of aromatic amines is 1. The van der Waals surface area contributed by atoms with E-state index >= 15 is 0 Å². The van der Waals surface area contributed by atoms with Gasteiger partial charge in [-0.15, -0.1) is 0 Å². The average molecular weight is 215 g/mol. The first kappa shape index (κ1) is 11.8. The van der Waals surface area contributed by atoms with Crippen LogP contribution in [0.1, 0.15) is 0 Å². The molecule has 5 nitrogen and oxygen atoms in total.